The predicted molar refractivity (Wildman–Crippen MR) is 86.5 cm³/mol. The van der Waals surface area contributed by atoms with Crippen LogP contribution in [0.2, 0.25) is 0 Å². The van der Waals surface area contributed by atoms with Gasteiger partial charge in [-0.2, -0.15) is 0 Å². The van der Waals surface area contributed by atoms with Crippen molar-refractivity contribution in [3.05, 3.63) is 35.4 Å². The standard InChI is InChI=1S/C18H28N2O/c1-18(2,3)16-7-8-17(21)20(10-9-16)13-15-6-4-5-14(11-15)12-19/h4-6,11,16H,7-10,12-13,19H2,1-3H3. The maximum Gasteiger partial charge on any atom is 0.222 e. The largest absolute Gasteiger partial charge is 0.338 e. The molecule has 21 heavy (non-hydrogen) atoms. The van der Waals surface area contributed by atoms with Crippen molar-refractivity contribution in [3.63, 3.8) is 0 Å². The molecule has 0 bridgehead atoms. The molecule has 1 atom stereocenters. The number of nitrogens with two attached hydrogens (primary N) is 1. The Morgan fingerprint density at radius 3 is 2.62 bits per heavy atom. The minimum absolute atomic E-state index is 0.287. The molecule has 1 heterocycles. The van der Waals surface area contributed by atoms with Crippen LogP contribution in [0, 0.1) is 11.3 Å². The molecule has 1 aliphatic heterocycles. The van der Waals surface area contributed by atoms with E-state index in [0.717, 1.165) is 24.9 Å². The van der Waals surface area contributed by atoms with E-state index in [4.69, 9.17) is 5.73 Å². The molecule has 1 unspecified atom stereocenters. The second-order valence-electron chi connectivity index (χ2n) is 7.23. The zero-order valence-corrected chi connectivity index (χ0v) is 13.6. The van der Waals surface area contributed by atoms with Gasteiger partial charge in [-0.3, -0.25) is 4.79 Å². The van der Waals surface area contributed by atoms with Crippen LogP contribution in [0.5, 0.6) is 0 Å². The highest BCUT2D eigenvalue weighted by Crippen LogP contribution is 2.34. The van der Waals surface area contributed by atoms with Gasteiger partial charge in [-0.1, -0.05) is 45.0 Å². The Morgan fingerprint density at radius 1 is 1.24 bits per heavy atom. The number of likely N-dealkylation sites (tertiary alicyclic amines) is 1. The molecule has 2 N–H and O–H groups in total. The van der Waals surface area contributed by atoms with E-state index < -0.39 is 0 Å². The van der Waals surface area contributed by atoms with Gasteiger partial charge in [0, 0.05) is 26.1 Å². The lowest BCUT2D eigenvalue weighted by molar-refractivity contribution is -0.131. The molecule has 1 amide bonds. The fourth-order valence-corrected chi connectivity index (χ4v) is 3.15. The summed E-state index contributed by atoms with van der Waals surface area (Å²) in [5.74, 6) is 0.918. The summed E-state index contributed by atoms with van der Waals surface area (Å²) in [4.78, 5) is 14.4. The quantitative estimate of drug-likeness (QED) is 0.927. The molecule has 3 nitrogen and oxygen atoms in total. The second kappa shape index (κ2) is 6.61. The molecule has 1 fully saturated rings. The van der Waals surface area contributed by atoms with Gasteiger partial charge in [0.2, 0.25) is 5.91 Å². The molecule has 0 aromatic heterocycles. The highest BCUT2D eigenvalue weighted by atomic mass is 16.2. The molecule has 1 aromatic rings. The van der Waals surface area contributed by atoms with Crippen molar-refractivity contribution in [1.82, 2.24) is 4.90 Å². The Bertz CT molecular complexity index is 490. The zero-order valence-electron chi connectivity index (χ0n) is 13.6. The summed E-state index contributed by atoms with van der Waals surface area (Å²) in [7, 11) is 0. The lowest BCUT2D eigenvalue weighted by Crippen LogP contribution is -2.30. The maximum atomic E-state index is 12.3. The van der Waals surface area contributed by atoms with E-state index >= 15 is 0 Å². The van der Waals surface area contributed by atoms with Gasteiger partial charge in [-0.25, -0.2) is 0 Å². The van der Waals surface area contributed by atoms with Gasteiger partial charge in [-0.05, 0) is 35.3 Å². The lowest BCUT2D eigenvalue weighted by atomic mass is 9.77. The molecule has 0 aliphatic carbocycles. The first-order valence-electron chi connectivity index (χ1n) is 7.96. The van der Waals surface area contributed by atoms with Crippen molar-refractivity contribution >= 4 is 5.91 Å². The van der Waals surface area contributed by atoms with E-state index in [-0.39, 0.29) is 5.41 Å². The van der Waals surface area contributed by atoms with Crippen LogP contribution in [0.4, 0.5) is 0 Å². The smallest absolute Gasteiger partial charge is 0.222 e. The van der Waals surface area contributed by atoms with Crippen LogP contribution in [0.15, 0.2) is 24.3 Å². The summed E-state index contributed by atoms with van der Waals surface area (Å²) < 4.78 is 0. The van der Waals surface area contributed by atoms with E-state index in [9.17, 15) is 4.79 Å². The Morgan fingerprint density at radius 2 is 1.95 bits per heavy atom. The number of carbonyl (C=O) groups excluding carboxylic acids is 1. The SMILES string of the molecule is CC(C)(C)C1CCC(=O)N(Cc2cccc(CN)c2)CC1. The van der Waals surface area contributed by atoms with Crippen molar-refractivity contribution in [2.24, 2.45) is 17.1 Å². The van der Waals surface area contributed by atoms with Gasteiger partial charge < -0.3 is 10.6 Å². The average Bonchev–Trinajstić information content (AvgIpc) is 2.62. The summed E-state index contributed by atoms with van der Waals surface area (Å²) in [6, 6.07) is 8.25. The summed E-state index contributed by atoms with van der Waals surface area (Å²) in [6.07, 6.45) is 2.80. The zero-order chi connectivity index (χ0) is 15.5. The van der Waals surface area contributed by atoms with Gasteiger partial charge >= 0.3 is 0 Å². The van der Waals surface area contributed by atoms with E-state index in [2.05, 4.69) is 32.9 Å². The summed E-state index contributed by atoms with van der Waals surface area (Å²) in [6.45, 7) is 8.97. The van der Waals surface area contributed by atoms with Gasteiger partial charge in [-0.15, -0.1) is 0 Å². The van der Waals surface area contributed by atoms with Crippen LogP contribution in [0.25, 0.3) is 0 Å². The number of nitrogens with zero attached hydrogens (tertiary/aromatic N) is 1. The third kappa shape index (κ3) is 4.31. The fourth-order valence-electron chi connectivity index (χ4n) is 3.15. The van der Waals surface area contributed by atoms with Crippen LogP contribution in [-0.2, 0) is 17.9 Å². The molecule has 0 radical (unpaired) electrons. The fraction of sp³-hybridized carbons (Fsp3) is 0.611. The van der Waals surface area contributed by atoms with E-state index in [1.54, 1.807) is 0 Å². The highest BCUT2D eigenvalue weighted by molar-refractivity contribution is 5.76. The summed E-state index contributed by atoms with van der Waals surface area (Å²) >= 11 is 0. The van der Waals surface area contributed by atoms with Crippen LogP contribution >= 0.6 is 0 Å². The first-order valence-corrected chi connectivity index (χ1v) is 7.96. The summed E-state index contributed by atoms with van der Waals surface area (Å²) in [5.41, 5.74) is 8.29. The molecule has 2 rings (SSSR count). The van der Waals surface area contributed by atoms with E-state index in [1.165, 1.54) is 5.56 Å². The summed E-state index contributed by atoms with van der Waals surface area (Å²) in [5, 5.41) is 0. The highest BCUT2D eigenvalue weighted by Gasteiger charge is 2.29. The Labute approximate surface area is 128 Å². The molecule has 1 aliphatic rings. The Hall–Kier alpha value is -1.35. The van der Waals surface area contributed by atoms with Gasteiger partial charge in [0.15, 0.2) is 0 Å². The number of benzene rings is 1. The minimum atomic E-state index is 0.287. The van der Waals surface area contributed by atoms with Crippen molar-refractivity contribution in [1.29, 1.82) is 0 Å². The monoisotopic (exact) mass is 288 g/mol. The minimum Gasteiger partial charge on any atom is -0.338 e. The van der Waals surface area contributed by atoms with Crippen LogP contribution in [-0.4, -0.2) is 17.4 Å². The first-order chi connectivity index (χ1) is 9.90. The second-order valence-corrected chi connectivity index (χ2v) is 7.23. The normalized spacial score (nSPS) is 20.5. The number of hydrogen-bond acceptors (Lipinski definition) is 2. The lowest BCUT2D eigenvalue weighted by Gasteiger charge is -2.29. The van der Waals surface area contributed by atoms with Crippen LogP contribution in [0.1, 0.15) is 51.2 Å². The van der Waals surface area contributed by atoms with Crippen LogP contribution in [0.3, 0.4) is 0 Å². The topological polar surface area (TPSA) is 46.3 Å². The van der Waals surface area contributed by atoms with Gasteiger partial charge in [0.05, 0.1) is 0 Å². The molecular formula is C18H28N2O. The Kier molecular flexibility index (Phi) is 5.04. The third-order valence-corrected chi connectivity index (χ3v) is 4.63. The maximum absolute atomic E-state index is 12.3. The molecule has 0 saturated carbocycles. The third-order valence-electron chi connectivity index (χ3n) is 4.63. The van der Waals surface area contributed by atoms with Gasteiger partial charge in [0.25, 0.3) is 0 Å². The van der Waals surface area contributed by atoms with Crippen molar-refractivity contribution < 1.29 is 4.79 Å². The van der Waals surface area contributed by atoms with Crippen molar-refractivity contribution in [2.45, 2.75) is 53.1 Å². The molecule has 116 valence electrons. The van der Waals surface area contributed by atoms with E-state index in [1.807, 2.05) is 17.0 Å². The van der Waals surface area contributed by atoms with Crippen LogP contribution < -0.4 is 5.73 Å². The number of amides is 1. The molecule has 3 heteroatoms. The number of carbonyl (C=O) groups is 1. The first kappa shape index (κ1) is 16.0. The average molecular weight is 288 g/mol. The number of hydrogen-bond donors (Lipinski definition) is 1. The predicted octanol–water partition coefficient (Wildman–Crippen LogP) is 3.32. The van der Waals surface area contributed by atoms with Gasteiger partial charge in [0.1, 0.15) is 0 Å². The van der Waals surface area contributed by atoms with Crippen molar-refractivity contribution in [3.8, 4) is 0 Å². The number of rotatable bonds is 3. The molecular weight excluding hydrogens is 260 g/mol. The van der Waals surface area contributed by atoms with Crippen molar-refractivity contribution in [2.75, 3.05) is 6.54 Å². The Balaban J connectivity index is 2.04. The molecule has 1 saturated heterocycles. The van der Waals surface area contributed by atoms with E-state index in [0.29, 0.717) is 31.3 Å². The molecule has 0 spiro atoms. The molecule has 1 aromatic carbocycles.